The summed E-state index contributed by atoms with van der Waals surface area (Å²) in [6, 6.07) is 19.8. The number of ether oxygens (including phenoxy) is 1. The van der Waals surface area contributed by atoms with E-state index in [1.54, 1.807) is 12.4 Å². The summed E-state index contributed by atoms with van der Waals surface area (Å²) in [5.74, 6) is -1.40. The zero-order valence-electron chi connectivity index (χ0n) is 28.7. The number of imide groups is 1. The number of carbonyl (C=O) groups is 2. The van der Waals surface area contributed by atoms with Crippen LogP contribution >= 0.6 is 0 Å². The van der Waals surface area contributed by atoms with E-state index in [1.807, 2.05) is 100 Å². The highest BCUT2D eigenvalue weighted by atomic mass is 19.4. The van der Waals surface area contributed by atoms with Crippen LogP contribution in [0.3, 0.4) is 0 Å². The van der Waals surface area contributed by atoms with E-state index < -0.39 is 29.6 Å². The Labute approximate surface area is 288 Å². The number of nitrogens with one attached hydrogen (secondary N) is 1. The Kier molecular flexibility index (Phi) is 9.06. The van der Waals surface area contributed by atoms with Gasteiger partial charge in [-0.1, -0.05) is 26.0 Å². The second kappa shape index (κ2) is 13.1. The first-order valence-corrected chi connectivity index (χ1v) is 16.3. The molecule has 3 amide bonds. The van der Waals surface area contributed by atoms with Crippen molar-refractivity contribution in [2.75, 3.05) is 42.9 Å². The monoisotopic (exact) mass is 684 g/mol. The Bertz CT molecular complexity index is 1960. The lowest BCUT2D eigenvalue weighted by molar-refractivity contribution is -0.274. The Morgan fingerprint density at radius 3 is 1.68 bits per heavy atom. The molecule has 2 aromatic heterocycles. The first-order chi connectivity index (χ1) is 23.7. The number of amides is 3. The molecule has 0 radical (unpaired) electrons. The van der Waals surface area contributed by atoms with E-state index in [4.69, 9.17) is 0 Å². The van der Waals surface area contributed by atoms with Crippen LogP contribution in [0.1, 0.15) is 49.7 Å². The fourth-order valence-corrected chi connectivity index (χ4v) is 7.27. The summed E-state index contributed by atoms with van der Waals surface area (Å²) in [4.78, 5) is 42.8. The van der Waals surface area contributed by atoms with Crippen LogP contribution < -0.4 is 24.8 Å². The fourth-order valence-electron chi connectivity index (χ4n) is 7.27. The number of hydrogen-bond acceptors (Lipinski definition) is 7. The molecule has 0 spiro atoms. The lowest BCUT2D eigenvalue weighted by Crippen LogP contribution is -2.49. The molecule has 2 atom stereocenters. The quantitative estimate of drug-likeness (QED) is 0.149. The predicted molar refractivity (Wildman–Crippen MR) is 190 cm³/mol. The zero-order chi connectivity index (χ0) is 36.0. The van der Waals surface area contributed by atoms with Crippen LogP contribution in [0.4, 0.5) is 35.0 Å². The van der Waals surface area contributed by atoms with Crippen molar-refractivity contribution in [3.8, 4) is 5.75 Å². The van der Waals surface area contributed by atoms with Crippen molar-refractivity contribution in [1.82, 2.24) is 15.3 Å². The SMILES string of the molecule is CC(CC1(CC(C)c2ccnc3cccc(N(C)C)c23)NC(=O)N(c2ccc(OC(F)(F)F)cc2)C1=O)c1ccnc2cccc(N(C)C)c12. The lowest BCUT2D eigenvalue weighted by Gasteiger charge is -2.33. The first kappa shape index (κ1) is 34.5. The van der Waals surface area contributed by atoms with Crippen molar-refractivity contribution in [3.63, 3.8) is 0 Å². The molecule has 1 N–H and O–H groups in total. The van der Waals surface area contributed by atoms with Crippen molar-refractivity contribution in [2.24, 2.45) is 0 Å². The van der Waals surface area contributed by atoms with E-state index in [-0.39, 0.29) is 30.4 Å². The zero-order valence-corrected chi connectivity index (χ0v) is 28.7. The Hall–Kier alpha value is -5.39. The number of urea groups is 1. The minimum Gasteiger partial charge on any atom is -0.406 e. The Morgan fingerprint density at radius 1 is 0.760 bits per heavy atom. The maximum Gasteiger partial charge on any atom is 0.573 e. The van der Waals surface area contributed by atoms with Crippen LogP contribution in [0.15, 0.2) is 85.2 Å². The number of fused-ring (bicyclic) bond motifs is 2. The molecule has 1 fully saturated rings. The van der Waals surface area contributed by atoms with Crippen molar-refractivity contribution in [3.05, 3.63) is 96.3 Å². The normalized spacial score (nSPS) is 17.6. The molecule has 1 aliphatic heterocycles. The van der Waals surface area contributed by atoms with E-state index in [1.165, 1.54) is 12.1 Å². The number of anilines is 3. The highest BCUT2D eigenvalue weighted by Gasteiger charge is 2.53. The predicted octanol–water partition coefficient (Wildman–Crippen LogP) is 8.00. The summed E-state index contributed by atoms with van der Waals surface area (Å²) >= 11 is 0. The van der Waals surface area contributed by atoms with Gasteiger partial charge in [0.15, 0.2) is 0 Å². The van der Waals surface area contributed by atoms with Crippen LogP contribution in [0.5, 0.6) is 5.75 Å². The van der Waals surface area contributed by atoms with Gasteiger partial charge in [-0.25, -0.2) is 9.69 Å². The minimum absolute atomic E-state index is 0.137. The van der Waals surface area contributed by atoms with Crippen LogP contribution in [0.25, 0.3) is 21.8 Å². The number of hydrogen-bond donors (Lipinski definition) is 1. The third-order valence-electron chi connectivity index (χ3n) is 9.38. The number of halogens is 3. The molecular formula is C38H39F3N6O3. The molecule has 3 aromatic carbocycles. The summed E-state index contributed by atoms with van der Waals surface area (Å²) in [5.41, 5.74) is 4.29. The van der Waals surface area contributed by atoms with Crippen LogP contribution in [-0.2, 0) is 4.79 Å². The summed E-state index contributed by atoms with van der Waals surface area (Å²) in [6.45, 7) is 4.07. The molecule has 260 valence electrons. The maximum absolute atomic E-state index is 14.8. The number of rotatable bonds is 10. The van der Waals surface area contributed by atoms with Crippen molar-refractivity contribution >= 4 is 50.8 Å². The Balaban J connectivity index is 1.44. The number of aromatic nitrogens is 2. The van der Waals surface area contributed by atoms with Crippen LogP contribution in [0.2, 0.25) is 0 Å². The average molecular weight is 685 g/mol. The third-order valence-corrected chi connectivity index (χ3v) is 9.38. The van der Waals surface area contributed by atoms with E-state index in [9.17, 15) is 22.8 Å². The molecule has 1 saturated heterocycles. The summed E-state index contributed by atoms with van der Waals surface area (Å²) in [7, 11) is 7.85. The van der Waals surface area contributed by atoms with Gasteiger partial charge in [-0.3, -0.25) is 14.8 Å². The van der Waals surface area contributed by atoms with Gasteiger partial charge in [-0.2, -0.15) is 0 Å². The van der Waals surface area contributed by atoms with Crippen LogP contribution in [0, 0.1) is 0 Å². The van der Waals surface area contributed by atoms with Crippen molar-refractivity contribution in [1.29, 1.82) is 0 Å². The molecule has 6 rings (SSSR count). The standard InChI is InChI=1S/C38H39F3N6O3/c1-23(27-17-19-42-29-9-7-11-31(33(27)29)45(3)4)21-37(22-24(2)28-18-20-43-30-10-8-12-32(34(28)30)46(5)6)35(48)47(36(49)44-37)25-13-15-26(16-14-25)50-38(39,40)41/h7-20,23-24H,21-22H2,1-6H3,(H,44,49). The van der Waals surface area contributed by atoms with E-state index in [0.717, 1.165) is 61.3 Å². The lowest BCUT2D eigenvalue weighted by atomic mass is 9.76. The van der Waals surface area contributed by atoms with Gasteiger partial charge in [0.25, 0.3) is 5.91 Å². The smallest absolute Gasteiger partial charge is 0.406 e. The number of nitrogens with zero attached hydrogens (tertiary/aromatic N) is 5. The topological polar surface area (TPSA) is 90.9 Å². The molecule has 0 aliphatic carbocycles. The highest BCUT2D eigenvalue weighted by Crippen LogP contribution is 2.43. The molecular weight excluding hydrogens is 645 g/mol. The molecule has 0 saturated carbocycles. The second-order valence-electron chi connectivity index (χ2n) is 13.3. The van der Waals surface area contributed by atoms with Gasteiger partial charge in [-0.15, -0.1) is 13.2 Å². The molecule has 5 aromatic rings. The molecule has 0 bridgehead atoms. The molecule has 1 aliphatic rings. The van der Waals surface area contributed by atoms with Crippen molar-refractivity contribution in [2.45, 2.75) is 50.4 Å². The third kappa shape index (κ3) is 6.49. The van der Waals surface area contributed by atoms with Gasteiger partial charge in [0.05, 0.1) is 16.7 Å². The van der Waals surface area contributed by atoms with E-state index in [0.29, 0.717) is 0 Å². The summed E-state index contributed by atoms with van der Waals surface area (Å²) in [5, 5.41) is 4.98. The molecule has 3 heterocycles. The Morgan fingerprint density at radius 2 is 1.24 bits per heavy atom. The largest absolute Gasteiger partial charge is 0.573 e. The van der Waals surface area contributed by atoms with Gasteiger partial charge < -0.3 is 19.9 Å². The number of alkyl halides is 3. The van der Waals surface area contributed by atoms with Gasteiger partial charge >= 0.3 is 12.4 Å². The minimum atomic E-state index is -4.88. The summed E-state index contributed by atoms with van der Waals surface area (Å²) < 4.78 is 42.6. The van der Waals surface area contributed by atoms with Gasteiger partial charge in [0, 0.05) is 62.7 Å². The van der Waals surface area contributed by atoms with Gasteiger partial charge in [0.2, 0.25) is 0 Å². The molecule has 50 heavy (non-hydrogen) atoms. The van der Waals surface area contributed by atoms with Crippen molar-refractivity contribution < 1.29 is 27.5 Å². The maximum atomic E-state index is 14.8. The average Bonchev–Trinajstić information content (AvgIpc) is 3.30. The second-order valence-corrected chi connectivity index (χ2v) is 13.3. The highest BCUT2D eigenvalue weighted by molar-refractivity contribution is 6.23. The van der Waals surface area contributed by atoms with Gasteiger partial charge in [-0.05, 0) is 96.5 Å². The summed E-state index contributed by atoms with van der Waals surface area (Å²) in [6.07, 6.45) is -0.880. The number of carbonyl (C=O) groups excluding carboxylic acids is 2. The fraction of sp³-hybridized carbons (Fsp3) is 0.316. The van der Waals surface area contributed by atoms with Crippen LogP contribution in [-0.4, -0.2) is 62.0 Å². The molecule has 2 unspecified atom stereocenters. The molecule has 9 nitrogen and oxygen atoms in total. The number of pyridine rings is 2. The van der Waals surface area contributed by atoms with E-state index >= 15 is 0 Å². The number of benzene rings is 3. The first-order valence-electron chi connectivity index (χ1n) is 16.3. The van der Waals surface area contributed by atoms with E-state index in [2.05, 4.69) is 20.0 Å². The van der Waals surface area contributed by atoms with Gasteiger partial charge in [0.1, 0.15) is 11.3 Å². The molecule has 12 heteroatoms.